The molecule has 3 aromatic rings. The molecule has 0 bridgehead atoms. The first kappa shape index (κ1) is 24.7. The van der Waals surface area contributed by atoms with Crippen molar-refractivity contribution in [3.8, 4) is 0 Å². The van der Waals surface area contributed by atoms with E-state index in [2.05, 4.69) is 5.32 Å². The number of amides is 2. The summed E-state index contributed by atoms with van der Waals surface area (Å²) in [6.07, 6.45) is 1.37. The summed E-state index contributed by atoms with van der Waals surface area (Å²) in [6.45, 7) is 3.62. The maximum absolute atomic E-state index is 15.0. The normalized spacial score (nSPS) is 13.5. The fourth-order valence-electron chi connectivity index (χ4n) is 4.19. The molecule has 10 nitrogen and oxygen atoms in total. The van der Waals surface area contributed by atoms with Crippen molar-refractivity contribution in [1.82, 2.24) is 9.47 Å². The van der Waals surface area contributed by atoms with Crippen LogP contribution in [0.4, 0.5) is 20.6 Å². The van der Waals surface area contributed by atoms with E-state index >= 15 is 4.39 Å². The highest BCUT2D eigenvalue weighted by Crippen LogP contribution is 2.26. The number of carbonyl (C=O) groups excluding carboxylic acids is 2. The summed E-state index contributed by atoms with van der Waals surface area (Å²) in [5.74, 6) is -1.99. The lowest BCUT2D eigenvalue weighted by Gasteiger charge is -2.35. The van der Waals surface area contributed by atoms with Crippen LogP contribution in [0.3, 0.4) is 0 Å². The Morgan fingerprint density at radius 2 is 1.83 bits per heavy atom. The number of carbonyl (C=O) groups is 3. The monoisotopic (exact) mass is 496 g/mol. The Bertz CT molecular complexity index is 1360. The first-order valence-electron chi connectivity index (χ1n) is 11.4. The van der Waals surface area contributed by atoms with E-state index in [9.17, 15) is 24.3 Å². The average Bonchev–Trinajstić information content (AvgIpc) is 2.88. The number of hydrogen-bond donors (Lipinski definition) is 2. The number of aryl methyl sites for hydroxylation is 1. The second-order valence-corrected chi connectivity index (χ2v) is 8.27. The van der Waals surface area contributed by atoms with Gasteiger partial charge in [0.25, 0.3) is 0 Å². The van der Waals surface area contributed by atoms with Crippen LogP contribution >= 0.6 is 0 Å². The zero-order valence-corrected chi connectivity index (χ0v) is 19.6. The Balaban J connectivity index is 1.43. The molecule has 1 aliphatic heterocycles. The number of pyridine rings is 1. The zero-order chi connectivity index (χ0) is 25.8. The van der Waals surface area contributed by atoms with Gasteiger partial charge >= 0.3 is 12.1 Å². The van der Waals surface area contributed by atoms with Gasteiger partial charge < -0.3 is 29.5 Å². The molecule has 2 aromatic carbocycles. The first-order chi connectivity index (χ1) is 17.3. The lowest BCUT2D eigenvalue weighted by Crippen LogP contribution is -2.49. The highest BCUT2D eigenvalue weighted by molar-refractivity contribution is 5.93. The van der Waals surface area contributed by atoms with Gasteiger partial charge in [0.1, 0.15) is 18.0 Å². The van der Waals surface area contributed by atoms with E-state index in [4.69, 9.17) is 4.74 Å². The molecular weight excluding hydrogens is 471 g/mol. The Hall–Kier alpha value is -4.41. The van der Waals surface area contributed by atoms with Gasteiger partial charge in [0.15, 0.2) is 0 Å². The molecule has 0 radical (unpaired) electrons. The Morgan fingerprint density at radius 3 is 2.44 bits per heavy atom. The van der Waals surface area contributed by atoms with Gasteiger partial charge in [-0.05, 0) is 36.8 Å². The second-order valence-electron chi connectivity index (χ2n) is 8.27. The lowest BCUT2D eigenvalue weighted by atomic mass is 10.1. The summed E-state index contributed by atoms with van der Waals surface area (Å²) in [4.78, 5) is 50.3. The Morgan fingerprint density at radius 1 is 1.14 bits per heavy atom. The number of aromatic nitrogens is 1. The molecule has 11 heteroatoms. The maximum atomic E-state index is 15.0. The minimum absolute atomic E-state index is 0.00943. The largest absolute Gasteiger partial charge is 0.477 e. The Labute approximate surface area is 205 Å². The van der Waals surface area contributed by atoms with E-state index in [0.29, 0.717) is 50.3 Å². The van der Waals surface area contributed by atoms with Crippen molar-refractivity contribution in [3.63, 3.8) is 0 Å². The molecule has 1 aliphatic rings. The molecule has 0 saturated carbocycles. The van der Waals surface area contributed by atoms with E-state index in [1.165, 1.54) is 6.20 Å². The van der Waals surface area contributed by atoms with Crippen molar-refractivity contribution in [1.29, 1.82) is 0 Å². The first-order valence-corrected chi connectivity index (χ1v) is 11.4. The number of fused-ring (bicyclic) bond motifs is 1. The number of piperazine rings is 1. The van der Waals surface area contributed by atoms with Crippen LogP contribution in [0.25, 0.3) is 10.9 Å². The molecule has 1 fully saturated rings. The number of anilines is 2. The maximum Gasteiger partial charge on any atom is 0.410 e. The predicted molar refractivity (Wildman–Crippen MR) is 131 cm³/mol. The van der Waals surface area contributed by atoms with Gasteiger partial charge in [-0.25, -0.2) is 14.0 Å². The molecule has 1 saturated heterocycles. The summed E-state index contributed by atoms with van der Waals surface area (Å²) in [7, 11) is 0. The summed E-state index contributed by atoms with van der Waals surface area (Å²) >= 11 is 0. The molecule has 0 aliphatic carbocycles. The SMILES string of the molecule is CCn1cc(C(=O)O)c(=O)c2cc(F)c(N3CCN(C(=O)OCc4ccc(NC=O)cc4)CC3)cc21. The molecule has 2 N–H and O–H groups in total. The quantitative estimate of drug-likeness (QED) is 0.483. The van der Waals surface area contributed by atoms with E-state index in [1.807, 2.05) is 0 Å². The number of nitrogens with zero attached hydrogens (tertiary/aromatic N) is 3. The highest BCUT2D eigenvalue weighted by atomic mass is 19.1. The van der Waals surface area contributed by atoms with Gasteiger partial charge in [-0.3, -0.25) is 9.59 Å². The molecule has 4 rings (SSSR count). The number of carboxylic acids is 1. The van der Waals surface area contributed by atoms with Gasteiger partial charge in [-0.15, -0.1) is 0 Å². The molecule has 0 unspecified atom stereocenters. The zero-order valence-electron chi connectivity index (χ0n) is 19.6. The van der Waals surface area contributed by atoms with Crippen molar-refractivity contribution in [2.75, 3.05) is 36.4 Å². The average molecular weight is 496 g/mol. The van der Waals surface area contributed by atoms with Crippen LogP contribution in [0.5, 0.6) is 0 Å². The third-order valence-corrected chi connectivity index (χ3v) is 6.14. The number of carboxylic acid groups (broad SMARTS) is 1. The molecular formula is C25H25FN4O6. The number of hydrogen-bond acceptors (Lipinski definition) is 6. The van der Waals surface area contributed by atoms with Crippen molar-refractivity contribution < 1.29 is 28.6 Å². The standard InChI is InChI=1S/C25H25FN4O6/c1-2-28-13-19(24(33)34)23(32)18-11-20(26)22(12-21(18)28)29-7-9-30(10-8-29)25(35)36-14-16-3-5-17(6-4-16)27-15-31/h3-6,11-13,15H,2,7-10,14H2,1H3,(H,27,31)(H,33,34). The van der Waals surface area contributed by atoms with Crippen LogP contribution in [0, 0.1) is 5.82 Å². The summed E-state index contributed by atoms with van der Waals surface area (Å²) in [6, 6.07) is 9.54. The summed E-state index contributed by atoms with van der Waals surface area (Å²) in [5.41, 5.74) is 0.997. The van der Waals surface area contributed by atoms with Crippen molar-refractivity contribution in [2.24, 2.45) is 0 Å². The van der Waals surface area contributed by atoms with Crippen LogP contribution in [-0.2, 0) is 22.7 Å². The lowest BCUT2D eigenvalue weighted by molar-refractivity contribution is -0.105. The minimum atomic E-state index is -1.36. The smallest absolute Gasteiger partial charge is 0.410 e. The van der Waals surface area contributed by atoms with Crippen molar-refractivity contribution in [3.05, 3.63) is 69.8 Å². The molecule has 0 atom stereocenters. The van der Waals surface area contributed by atoms with E-state index in [1.54, 1.807) is 51.6 Å². The van der Waals surface area contributed by atoms with Gasteiger partial charge in [0.2, 0.25) is 11.8 Å². The van der Waals surface area contributed by atoms with Crippen LogP contribution in [0.15, 0.2) is 47.4 Å². The van der Waals surface area contributed by atoms with E-state index < -0.39 is 28.9 Å². The van der Waals surface area contributed by atoms with E-state index in [-0.39, 0.29) is 17.7 Å². The van der Waals surface area contributed by atoms with Crippen LogP contribution in [-0.4, -0.2) is 59.2 Å². The third kappa shape index (κ3) is 4.99. The van der Waals surface area contributed by atoms with Crippen LogP contribution in [0.1, 0.15) is 22.8 Å². The van der Waals surface area contributed by atoms with Gasteiger partial charge in [0, 0.05) is 50.0 Å². The fraction of sp³-hybridized carbons (Fsp3) is 0.280. The van der Waals surface area contributed by atoms with Gasteiger partial charge in [-0.2, -0.15) is 0 Å². The van der Waals surface area contributed by atoms with Crippen LogP contribution in [0.2, 0.25) is 0 Å². The minimum Gasteiger partial charge on any atom is -0.477 e. The Kier molecular flexibility index (Phi) is 7.18. The number of halogens is 1. The number of ether oxygens (including phenoxy) is 1. The molecule has 1 aromatic heterocycles. The number of aromatic carboxylic acids is 1. The van der Waals surface area contributed by atoms with Crippen LogP contribution < -0.4 is 15.6 Å². The third-order valence-electron chi connectivity index (χ3n) is 6.14. The second kappa shape index (κ2) is 10.5. The van der Waals surface area contributed by atoms with Crippen molar-refractivity contribution >= 4 is 40.8 Å². The van der Waals surface area contributed by atoms with E-state index in [0.717, 1.165) is 11.6 Å². The summed E-state index contributed by atoms with van der Waals surface area (Å²) in [5, 5.41) is 11.8. The molecule has 2 heterocycles. The highest BCUT2D eigenvalue weighted by Gasteiger charge is 2.25. The topological polar surface area (TPSA) is 121 Å². The number of benzene rings is 2. The molecule has 188 valence electrons. The van der Waals surface area contributed by atoms with Gasteiger partial charge in [0.05, 0.1) is 11.2 Å². The number of nitrogens with one attached hydrogen (secondary N) is 1. The predicted octanol–water partition coefficient (Wildman–Crippen LogP) is 2.89. The van der Waals surface area contributed by atoms with Gasteiger partial charge in [-0.1, -0.05) is 12.1 Å². The molecule has 0 spiro atoms. The number of rotatable bonds is 7. The summed E-state index contributed by atoms with van der Waals surface area (Å²) < 4.78 is 22.0. The molecule has 2 amide bonds. The van der Waals surface area contributed by atoms with Crippen molar-refractivity contribution in [2.45, 2.75) is 20.1 Å². The molecule has 36 heavy (non-hydrogen) atoms. The fourth-order valence-corrected chi connectivity index (χ4v) is 4.19.